The maximum absolute atomic E-state index is 11.3. The molecule has 2 aliphatic heterocycles. The Morgan fingerprint density at radius 3 is 2.93 bits per heavy atom. The number of rotatable bonds is 6. The molecular formula is C19H31N5O2S. The van der Waals surface area contributed by atoms with Crippen LogP contribution in [0.1, 0.15) is 30.2 Å². The van der Waals surface area contributed by atoms with Crippen LogP contribution in [-0.4, -0.2) is 74.7 Å². The molecule has 2 aliphatic rings. The fourth-order valence-electron chi connectivity index (χ4n) is 4.01. The Bertz CT molecular complexity index is 616. The zero-order valence-corrected chi connectivity index (χ0v) is 16.9. The lowest BCUT2D eigenvalue weighted by atomic mass is 9.95. The second-order valence-corrected chi connectivity index (χ2v) is 8.21. The molecule has 1 amide bonds. The Morgan fingerprint density at radius 1 is 1.44 bits per heavy atom. The van der Waals surface area contributed by atoms with E-state index >= 15 is 0 Å². The van der Waals surface area contributed by atoms with Crippen molar-refractivity contribution in [1.82, 2.24) is 15.1 Å². The second-order valence-electron chi connectivity index (χ2n) is 7.23. The van der Waals surface area contributed by atoms with Gasteiger partial charge in [-0.05, 0) is 30.2 Å². The number of piperidine rings is 1. The summed E-state index contributed by atoms with van der Waals surface area (Å²) in [6.45, 7) is 6.10. The van der Waals surface area contributed by atoms with E-state index in [0.717, 1.165) is 64.7 Å². The molecule has 2 unspecified atom stereocenters. The number of guanidine groups is 1. The molecule has 0 aliphatic carbocycles. The number of hydrogen-bond acceptors (Lipinski definition) is 5. The third-order valence-electron chi connectivity index (χ3n) is 5.33. The summed E-state index contributed by atoms with van der Waals surface area (Å²) in [4.78, 5) is 21.9. The Morgan fingerprint density at radius 2 is 2.26 bits per heavy atom. The molecule has 2 fully saturated rings. The van der Waals surface area contributed by atoms with E-state index < -0.39 is 0 Å². The topological polar surface area (TPSA) is 83.2 Å². The van der Waals surface area contributed by atoms with E-state index in [2.05, 4.69) is 37.6 Å². The minimum Gasteiger partial charge on any atom is -0.379 e. The zero-order chi connectivity index (χ0) is 19.1. The highest BCUT2D eigenvalue weighted by molar-refractivity contribution is 7.10. The van der Waals surface area contributed by atoms with Crippen molar-refractivity contribution in [2.45, 2.75) is 25.3 Å². The monoisotopic (exact) mass is 393 g/mol. The number of aliphatic imine (C=N–C) groups is 1. The molecule has 3 heterocycles. The second kappa shape index (κ2) is 10.1. The number of carbonyl (C=O) groups is 1. The van der Waals surface area contributed by atoms with Crippen LogP contribution in [0.2, 0.25) is 0 Å². The summed E-state index contributed by atoms with van der Waals surface area (Å²) in [5.41, 5.74) is 5.39. The van der Waals surface area contributed by atoms with Crippen molar-refractivity contribution in [3.05, 3.63) is 22.4 Å². The molecule has 0 bridgehead atoms. The maximum atomic E-state index is 11.3. The van der Waals surface area contributed by atoms with Gasteiger partial charge >= 0.3 is 0 Å². The summed E-state index contributed by atoms with van der Waals surface area (Å²) >= 11 is 1.80. The molecule has 150 valence electrons. The molecule has 1 aromatic rings. The van der Waals surface area contributed by atoms with Gasteiger partial charge < -0.3 is 20.7 Å². The van der Waals surface area contributed by atoms with Crippen LogP contribution in [0, 0.1) is 5.92 Å². The molecule has 0 saturated carbocycles. The summed E-state index contributed by atoms with van der Waals surface area (Å²) in [5, 5.41) is 5.72. The molecule has 7 nitrogen and oxygen atoms in total. The van der Waals surface area contributed by atoms with Gasteiger partial charge in [0.25, 0.3) is 0 Å². The highest BCUT2D eigenvalue weighted by Gasteiger charge is 2.26. The number of likely N-dealkylation sites (tertiary alicyclic amines) is 1. The highest BCUT2D eigenvalue weighted by Crippen LogP contribution is 2.26. The van der Waals surface area contributed by atoms with Gasteiger partial charge in [0.05, 0.1) is 19.3 Å². The summed E-state index contributed by atoms with van der Waals surface area (Å²) in [6, 6.07) is 4.64. The Labute approximate surface area is 165 Å². The maximum Gasteiger partial charge on any atom is 0.217 e. The third kappa shape index (κ3) is 5.67. The number of ether oxygens (including phenoxy) is 1. The van der Waals surface area contributed by atoms with Crippen LogP contribution in [0.25, 0.3) is 0 Å². The van der Waals surface area contributed by atoms with Crippen molar-refractivity contribution in [2.24, 2.45) is 16.6 Å². The molecular weight excluding hydrogens is 362 g/mol. The van der Waals surface area contributed by atoms with Gasteiger partial charge in [0.15, 0.2) is 5.96 Å². The fraction of sp³-hybridized carbons (Fsp3) is 0.684. The van der Waals surface area contributed by atoms with Crippen LogP contribution in [0.4, 0.5) is 0 Å². The minimum absolute atomic E-state index is 0.213. The number of nitrogens with one attached hydrogen (secondary N) is 1. The average molecular weight is 394 g/mol. The largest absolute Gasteiger partial charge is 0.379 e. The summed E-state index contributed by atoms with van der Waals surface area (Å²) < 4.78 is 5.52. The van der Waals surface area contributed by atoms with Crippen molar-refractivity contribution >= 4 is 23.2 Å². The van der Waals surface area contributed by atoms with Gasteiger partial charge in [-0.2, -0.15) is 0 Å². The van der Waals surface area contributed by atoms with E-state index in [0.29, 0.717) is 18.4 Å². The molecule has 3 rings (SSSR count). The Kier molecular flexibility index (Phi) is 7.49. The number of thiophene rings is 1. The van der Waals surface area contributed by atoms with Crippen LogP contribution >= 0.6 is 11.3 Å². The molecule has 8 heteroatoms. The summed E-state index contributed by atoms with van der Waals surface area (Å²) in [7, 11) is 1.83. The van der Waals surface area contributed by atoms with E-state index in [1.54, 1.807) is 11.3 Å². The normalized spacial score (nSPS) is 23.2. The van der Waals surface area contributed by atoms with Crippen molar-refractivity contribution in [2.75, 3.05) is 53.0 Å². The average Bonchev–Trinajstić information content (AvgIpc) is 3.20. The molecule has 27 heavy (non-hydrogen) atoms. The molecule has 3 N–H and O–H groups in total. The third-order valence-corrected chi connectivity index (χ3v) is 6.31. The predicted octanol–water partition coefficient (Wildman–Crippen LogP) is 1.28. The summed E-state index contributed by atoms with van der Waals surface area (Å²) in [6.07, 6.45) is 2.58. The summed E-state index contributed by atoms with van der Waals surface area (Å²) in [5.74, 6) is 1.02. The van der Waals surface area contributed by atoms with Gasteiger partial charge in [0.1, 0.15) is 0 Å². The number of carbonyl (C=O) groups excluding carboxylic acids is 1. The molecule has 0 spiro atoms. The first-order chi connectivity index (χ1) is 13.2. The number of amides is 1. The lowest BCUT2D eigenvalue weighted by molar-refractivity contribution is -0.119. The van der Waals surface area contributed by atoms with Gasteiger partial charge in [-0.25, -0.2) is 0 Å². The molecule has 2 atom stereocenters. The van der Waals surface area contributed by atoms with E-state index in [-0.39, 0.29) is 5.91 Å². The number of hydrogen-bond donors (Lipinski definition) is 2. The standard InChI is InChI=1S/C19H31N5O2S/c1-21-19(24-6-2-4-15(14-24)12-18(20)25)22-13-16(17-5-3-11-27-17)23-7-9-26-10-8-23/h3,5,11,15-16H,2,4,6-10,12-14H2,1H3,(H2,20,25)(H,21,22). The van der Waals surface area contributed by atoms with Gasteiger partial charge in [-0.1, -0.05) is 6.07 Å². The van der Waals surface area contributed by atoms with E-state index in [1.165, 1.54) is 4.88 Å². The lowest BCUT2D eigenvalue weighted by Crippen LogP contribution is -2.50. The van der Waals surface area contributed by atoms with Crippen molar-refractivity contribution < 1.29 is 9.53 Å². The van der Waals surface area contributed by atoms with Crippen molar-refractivity contribution in [3.8, 4) is 0 Å². The molecule has 2 saturated heterocycles. The van der Waals surface area contributed by atoms with Crippen molar-refractivity contribution in [1.29, 1.82) is 0 Å². The SMILES string of the molecule is CN=C(NCC(c1cccs1)N1CCOCC1)N1CCCC(CC(N)=O)C1. The molecule has 0 aromatic carbocycles. The zero-order valence-electron chi connectivity index (χ0n) is 16.1. The van der Waals surface area contributed by atoms with E-state index in [4.69, 9.17) is 10.5 Å². The predicted molar refractivity (Wildman–Crippen MR) is 109 cm³/mol. The van der Waals surface area contributed by atoms with Crippen molar-refractivity contribution in [3.63, 3.8) is 0 Å². The lowest BCUT2D eigenvalue weighted by Gasteiger charge is -2.37. The first-order valence-corrected chi connectivity index (χ1v) is 10.6. The van der Waals surface area contributed by atoms with Crippen LogP contribution in [0.3, 0.4) is 0 Å². The van der Waals surface area contributed by atoms with Gasteiger partial charge in [0, 0.05) is 51.1 Å². The fourth-order valence-corrected chi connectivity index (χ4v) is 4.87. The molecule has 0 radical (unpaired) electrons. The quantitative estimate of drug-likeness (QED) is 0.562. The smallest absolute Gasteiger partial charge is 0.217 e. The number of primary amides is 1. The van der Waals surface area contributed by atoms with Crippen LogP contribution < -0.4 is 11.1 Å². The van der Waals surface area contributed by atoms with Gasteiger partial charge in [0.2, 0.25) is 5.91 Å². The number of nitrogens with zero attached hydrogens (tertiary/aromatic N) is 3. The van der Waals surface area contributed by atoms with Crippen LogP contribution in [0.5, 0.6) is 0 Å². The van der Waals surface area contributed by atoms with Crippen LogP contribution in [-0.2, 0) is 9.53 Å². The van der Waals surface area contributed by atoms with E-state index in [9.17, 15) is 4.79 Å². The Balaban J connectivity index is 1.61. The van der Waals surface area contributed by atoms with Gasteiger partial charge in [-0.3, -0.25) is 14.7 Å². The van der Waals surface area contributed by atoms with Crippen LogP contribution in [0.15, 0.2) is 22.5 Å². The minimum atomic E-state index is -0.213. The number of morpholine rings is 1. The highest BCUT2D eigenvalue weighted by atomic mass is 32.1. The molecule has 1 aromatic heterocycles. The first kappa shape index (κ1) is 20.1. The first-order valence-electron chi connectivity index (χ1n) is 9.76. The van der Waals surface area contributed by atoms with Gasteiger partial charge in [-0.15, -0.1) is 11.3 Å². The van der Waals surface area contributed by atoms with E-state index in [1.807, 2.05) is 7.05 Å². The number of nitrogens with two attached hydrogens (primary N) is 1. The Hall–Kier alpha value is -1.64.